The largest absolute Gasteiger partial charge is 0.337 e. The van der Waals surface area contributed by atoms with Crippen molar-refractivity contribution in [2.45, 2.75) is 22.7 Å². The van der Waals surface area contributed by atoms with Gasteiger partial charge >= 0.3 is 0 Å². The number of nitro groups is 1. The van der Waals surface area contributed by atoms with Crippen molar-refractivity contribution in [3.8, 4) is 0 Å². The Hall–Kier alpha value is -2.72. The second-order valence-corrected chi connectivity index (χ2v) is 8.13. The highest BCUT2D eigenvalue weighted by molar-refractivity contribution is 8.01. The third-order valence-electron chi connectivity index (χ3n) is 3.72. The summed E-state index contributed by atoms with van der Waals surface area (Å²) < 4.78 is 2.38. The number of aryl methyl sites for hydroxylation is 2. The van der Waals surface area contributed by atoms with Gasteiger partial charge < -0.3 is 4.90 Å². The molecule has 3 aromatic rings. The molecule has 0 fully saturated rings. The molecule has 0 spiro atoms. The molecule has 0 radical (unpaired) electrons. The van der Waals surface area contributed by atoms with Crippen LogP contribution in [-0.4, -0.2) is 37.5 Å². The standard InChI is InChI=1S/C17H17N5O3S2/c1-11-10-26-17(19-11)27-15-5-4-13(6-14(15)22(24)25)16(23)20(2)8-12-7-18-21(3)9-12/h4-7,9-10H,8H2,1-3H3. The molecular weight excluding hydrogens is 386 g/mol. The molecule has 8 nitrogen and oxygen atoms in total. The van der Waals surface area contributed by atoms with Crippen molar-refractivity contribution in [2.24, 2.45) is 7.05 Å². The number of rotatable bonds is 6. The van der Waals surface area contributed by atoms with E-state index < -0.39 is 4.92 Å². The molecular formula is C17H17N5O3S2. The molecule has 10 heteroatoms. The smallest absolute Gasteiger partial charge is 0.284 e. The second-order valence-electron chi connectivity index (χ2n) is 5.98. The minimum Gasteiger partial charge on any atom is -0.337 e. The molecule has 1 aromatic carbocycles. The molecule has 2 aromatic heterocycles. The monoisotopic (exact) mass is 403 g/mol. The lowest BCUT2D eigenvalue weighted by Crippen LogP contribution is -2.26. The van der Waals surface area contributed by atoms with Crippen LogP contribution in [0.3, 0.4) is 0 Å². The third kappa shape index (κ3) is 4.52. The van der Waals surface area contributed by atoms with Crippen molar-refractivity contribution in [2.75, 3.05) is 7.05 Å². The van der Waals surface area contributed by atoms with Crippen molar-refractivity contribution < 1.29 is 9.72 Å². The highest BCUT2D eigenvalue weighted by Crippen LogP contribution is 2.37. The van der Waals surface area contributed by atoms with E-state index in [1.54, 1.807) is 37.1 Å². The molecule has 2 heterocycles. The number of hydrogen-bond acceptors (Lipinski definition) is 7. The first-order chi connectivity index (χ1) is 12.8. The summed E-state index contributed by atoms with van der Waals surface area (Å²) in [6.45, 7) is 2.24. The summed E-state index contributed by atoms with van der Waals surface area (Å²) in [5.74, 6) is -0.288. The molecule has 0 bridgehead atoms. The average molecular weight is 403 g/mol. The van der Waals surface area contributed by atoms with Crippen molar-refractivity contribution >= 4 is 34.7 Å². The number of hydrogen-bond donors (Lipinski definition) is 0. The van der Waals surface area contributed by atoms with E-state index in [9.17, 15) is 14.9 Å². The number of nitrogens with zero attached hydrogens (tertiary/aromatic N) is 5. The fourth-order valence-electron chi connectivity index (χ4n) is 2.47. The van der Waals surface area contributed by atoms with Crippen molar-refractivity contribution in [3.63, 3.8) is 0 Å². The first kappa shape index (κ1) is 19.1. The van der Waals surface area contributed by atoms with Crippen LogP contribution in [0, 0.1) is 17.0 Å². The van der Waals surface area contributed by atoms with E-state index in [0.717, 1.165) is 15.6 Å². The van der Waals surface area contributed by atoms with Crippen LogP contribution >= 0.6 is 23.1 Å². The normalized spacial score (nSPS) is 10.8. The summed E-state index contributed by atoms with van der Waals surface area (Å²) in [6.07, 6.45) is 3.50. The second kappa shape index (κ2) is 7.89. The highest BCUT2D eigenvalue weighted by atomic mass is 32.2. The Morgan fingerprint density at radius 2 is 2.22 bits per heavy atom. The SMILES string of the molecule is Cc1csc(Sc2ccc(C(=O)N(C)Cc3cnn(C)c3)cc2[N+](=O)[O-])n1. The Balaban J connectivity index is 1.82. The maximum atomic E-state index is 12.7. The molecule has 0 saturated carbocycles. The number of carbonyl (C=O) groups is 1. The zero-order valence-corrected chi connectivity index (χ0v) is 16.6. The van der Waals surface area contributed by atoms with Crippen LogP contribution in [0.2, 0.25) is 0 Å². The van der Waals surface area contributed by atoms with Gasteiger partial charge in [0.05, 0.1) is 16.0 Å². The van der Waals surface area contributed by atoms with E-state index in [4.69, 9.17) is 0 Å². The number of thiazole rings is 1. The van der Waals surface area contributed by atoms with Gasteiger partial charge in [-0.3, -0.25) is 19.6 Å². The van der Waals surface area contributed by atoms with Crippen LogP contribution in [-0.2, 0) is 13.6 Å². The topological polar surface area (TPSA) is 94.2 Å². The van der Waals surface area contributed by atoms with Crippen LogP contribution in [0.15, 0.2) is 45.2 Å². The number of amides is 1. The fraction of sp³-hybridized carbons (Fsp3) is 0.235. The highest BCUT2D eigenvalue weighted by Gasteiger charge is 2.21. The molecule has 1 amide bonds. The van der Waals surface area contributed by atoms with Gasteiger partial charge in [-0.25, -0.2) is 4.98 Å². The van der Waals surface area contributed by atoms with Gasteiger partial charge in [0.25, 0.3) is 11.6 Å². The quantitative estimate of drug-likeness (QED) is 0.462. The zero-order chi connectivity index (χ0) is 19.6. The van der Waals surface area contributed by atoms with Gasteiger partial charge in [0.1, 0.15) is 0 Å². The summed E-state index contributed by atoms with van der Waals surface area (Å²) in [5, 5.41) is 17.5. The van der Waals surface area contributed by atoms with Crippen molar-refractivity contribution in [1.29, 1.82) is 0 Å². The Kier molecular flexibility index (Phi) is 5.57. The first-order valence-corrected chi connectivity index (χ1v) is 9.64. The summed E-state index contributed by atoms with van der Waals surface area (Å²) in [6, 6.07) is 4.54. The first-order valence-electron chi connectivity index (χ1n) is 7.95. The number of carbonyl (C=O) groups excluding carboxylic acids is 1. The lowest BCUT2D eigenvalue weighted by atomic mass is 10.1. The van der Waals surface area contributed by atoms with Gasteiger partial charge in [-0.1, -0.05) is 11.8 Å². The zero-order valence-electron chi connectivity index (χ0n) is 14.9. The van der Waals surface area contributed by atoms with E-state index in [2.05, 4.69) is 10.1 Å². The number of aromatic nitrogens is 3. The lowest BCUT2D eigenvalue weighted by molar-refractivity contribution is -0.387. The Bertz CT molecular complexity index is 998. The van der Waals surface area contributed by atoms with Gasteiger partial charge in [0.15, 0.2) is 4.34 Å². The van der Waals surface area contributed by atoms with E-state index in [0.29, 0.717) is 11.4 Å². The molecule has 3 rings (SSSR count). The molecule has 0 aliphatic carbocycles. The number of benzene rings is 1. The predicted octanol–water partition coefficient (Wildman–Crippen LogP) is 3.52. The van der Waals surface area contributed by atoms with Gasteiger partial charge in [-0.2, -0.15) is 5.10 Å². The van der Waals surface area contributed by atoms with Crippen LogP contribution < -0.4 is 0 Å². The molecule has 0 unspecified atom stereocenters. The fourth-order valence-corrected chi connectivity index (χ4v) is 4.35. The predicted molar refractivity (Wildman–Crippen MR) is 103 cm³/mol. The molecule has 140 valence electrons. The van der Waals surface area contributed by atoms with Crippen molar-refractivity contribution in [3.05, 3.63) is 62.9 Å². The van der Waals surface area contributed by atoms with Crippen molar-refractivity contribution in [1.82, 2.24) is 19.7 Å². The maximum Gasteiger partial charge on any atom is 0.284 e. The Morgan fingerprint density at radius 3 is 2.81 bits per heavy atom. The van der Waals surface area contributed by atoms with E-state index >= 15 is 0 Å². The van der Waals surface area contributed by atoms with Gasteiger partial charge in [-0.05, 0) is 19.1 Å². The third-order valence-corrected chi connectivity index (χ3v) is 5.84. The van der Waals surface area contributed by atoms with Crippen LogP contribution in [0.5, 0.6) is 0 Å². The minimum absolute atomic E-state index is 0.103. The number of nitro benzene ring substituents is 1. The summed E-state index contributed by atoms with van der Waals surface area (Å²) >= 11 is 2.66. The van der Waals surface area contributed by atoms with Crippen LogP contribution in [0.4, 0.5) is 5.69 Å². The average Bonchev–Trinajstić information content (AvgIpc) is 3.22. The summed E-state index contributed by atoms with van der Waals surface area (Å²) in [5.41, 5.74) is 1.92. The van der Waals surface area contributed by atoms with E-state index in [1.807, 2.05) is 18.5 Å². The van der Waals surface area contributed by atoms with Crippen LogP contribution in [0.1, 0.15) is 21.6 Å². The Morgan fingerprint density at radius 1 is 1.44 bits per heavy atom. The Labute approximate surface area is 164 Å². The molecule has 0 aliphatic heterocycles. The van der Waals surface area contributed by atoms with Gasteiger partial charge in [0, 0.05) is 55.1 Å². The van der Waals surface area contributed by atoms with E-state index in [-0.39, 0.29) is 17.2 Å². The lowest BCUT2D eigenvalue weighted by Gasteiger charge is -2.16. The van der Waals surface area contributed by atoms with Gasteiger partial charge in [0.2, 0.25) is 0 Å². The van der Waals surface area contributed by atoms with Gasteiger partial charge in [-0.15, -0.1) is 11.3 Å². The molecule has 0 atom stereocenters. The molecule has 27 heavy (non-hydrogen) atoms. The summed E-state index contributed by atoms with van der Waals surface area (Å²) in [4.78, 5) is 30.0. The maximum absolute atomic E-state index is 12.7. The van der Waals surface area contributed by atoms with Crippen LogP contribution in [0.25, 0.3) is 0 Å². The van der Waals surface area contributed by atoms with E-state index in [1.165, 1.54) is 34.1 Å². The molecule has 0 N–H and O–H groups in total. The summed E-state index contributed by atoms with van der Waals surface area (Å²) in [7, 11) is 3.46. The minimum atomic E-state index is -0.472. The molecule has 0 aliphatic rings. The molecule has 0 saturated heterocycles.